The highest BCUT2D eigenvalue weighted by molar-refractivity contribution is 5.58. The first kappa shape index (κ1) is 10.9. The van der Waals surface area contributed by atoms with Crippen molar-refractivity contribution in [1.29, 1.82) is 0 Å². The average Bonchev–Trinajstić information content (AvgIpc) is 2.82. The highest BCUT2D eigenvalue weighted by atomic mass is 16.6. The van der Waals surface area contributed by atoms with E-state index in [9.17, 15) is 10.1 Å². The highest BCUT2D eigenvalue weighted by Gasteiger charge is 2.31. The van der Waals surface area contributed by atoms with Gasteiger partial charge in [-0.2, -0.15) is 0 Å². The number of nitro groups is 1. The Morgan fingerprint density at radius 1 is 1.75 bits per heavy atom. The summed E-state index contributed by atoms with van der Waals surface area (Å²) in [6.45, 7) is 1.30. The van der Waals surface area contributed by atoms with E-state index in [2.05, 4.69) is 5.10 Å². The van der Waals surface area contributed by atoms with Crippen molar-refractivity contribution >= 4 is 11.5 Å². The second-order valence-corrected chi connectivity index (χ2v) is 3.99. The van der Waals surface area contributed by atoms with E-state index >= 15 is 0 Å². The van der Waals surface area contributed by atoms with Crippen LogP contribution in [0.5, 0.6) is 0 Å². The summed E-state index contributed by atoms with van der Waals surface area (Å²) in [4.78, 5) is 12.4. The molecular weight excluding hydrogens is 210 g/mol. The summed E-state index contributed by atoms with van der Waals surface area (Å²) in [6.07, 6.45) is 3.42. The van der Waals surface area contributed by atoms with Gasteiger partial charge in [-0.15, -0.1) is 5.10 Å². The minimum Gasteiger partial charge on any atom is -0.345 e. The van der Waals surface area contributed by atoms with Gasteiger partial charge in [-0.25, -0.2) is 0 Å². The van der Waals surface area contributed by atoms with Crippen molar-refractivity contribution < 1.29 is 4.92 Å². The summed E-state index contributed by atoms with van der Waals surface area (Å²) in [6, 6.07) is 0.175. The van der Waals surface area contributed by atoms with Crippen LogP contribution in [0.15, 0.2) is 6.20 Å². The van der Waals surface area contributed by atoms with Crippen LogP contribution in [0.3, 0.4) is 0 Å². The maximum Gasteiger partial charge on any atom is 0.330 e. The molecule has 1 aromatic heterocycles. The molecule has 0 amide bonds. The largest absolute Gasteiger partial charge is 0.345 e. The van der Waals surface area contributed by atoms with Gasteiger partial charge in [-0.3, -0.25) is 14.8 Å². The lowest BCUT2D eigenvalue weighted by molar-refractivity contribution is -0.384. The first-order valence-electron chi connectivity index (χ1n) is 5.28. The Morgan fingerprint density at radius 3 is 3.12 bits per heavy atom. The number of aryl methyl sites for hydroxylation is 1. The van der Waals surface area contributed by atoms with Gasteiger partial charge in [0.25, 0.3) is 0 Å². The van der Waals surface area contributed by atoms with Crippen molar-refractivity contribution in [3.63, 3.8) is 0 Å². The predicted octanol–water partition coefficient (Wildman–Crippen LogP) is 0.256. The van der Waals surface area contributed by atoms with Crippen LogP contribution in [-0.2, 0) is 7.05 Å². The Kier molecular flexibility index (Phi) is 2.78. The minimum absolute atomic E-state index is 0.0582. The van der Waals surface area contributed by atoms with Crippen LogP contribution in [0.25, 0.3) is 0 Å². The van der Waals surface area contributed by atoms with E-state index < -0.39 is 4.92 Å². The summed E-state index contributed by atoms with van der Waals surface area (Å²) in [7, 11) is 1.68. The summed E-state index contributed by atoms with van der Waals surface area (Å²) in [5.74, 6) is 0.445. The van der Waals surface area contributed by atoms with Gasteiger partial charge in [0.15, 0.2) is 0 Å². The molecule has 7 nitrogen and oxygen atoms in total. The van der Waals surface area contributed by atoms with E-state index in [-0.39, 0.29) is 11.7 Å². The van der Waals surface area contributed by atoms with Crippen LogP contribution >= 0.6 is 0 Å². The lowest BCUT2D eigenvalue weighted by Gasteiger charge is -2.22. The van der Waals surface area contributed by atoms with Crippen molar-refractivity contribution in [2.75, 3.05) is 18.0 Å². The molecule has 1 aliphatic heterocycles. The van der Waals surface area contributed by atoms with Gasteiger partial charge < -0.3 is 10.6 Å². The van der Waals surface area contributed by atoms with Gasteiger partial charge >= 0.3 is 5.69 Å². The molecule has 0 aromatic carbocycles. The molecular formula is C9H15N5O2. The third-order valence-electron chi connectivity index (χ3n) is 2.91. The van der Waals surface area contributed by atoms with E-state index in [0.29, 0.717) is 12.4 Å². The van der Waals surface area contributed by atoms with Gasteiger partial charge in [0.05, 0.1) is 4.92 Å². The Bertz CT molecular complexity index is 403. The normalized spacial score (nSPS) is 20.4. The molecule has 1 saturated heterocycles. The fourth-order valence-electron chi connectivity index (χ4n) is 2.16. The minimum atomic E-state index is -0.395. The van der Waals surface area contributed by atoms with Crippen molar-refractivity contribution in [2.24, 2.45) is 12.8 Å². The summed E-state index contributed by atoms with van der Waals surface area (Å²) >= 11 is 0. The summed E-state index contributed by atoms with van der Waals surface area (Å²) in [5, 5.41) is 15.0. The molecule has 1 fully saturated rings. The number of hydrogen-bond acceptors (Lipinski definition) is 5. The summed E-state index contributed by atoms with van der Waals surface area (Å²) < 4.78 is 1.47. The third kappa shape index (κ3) is 1.73. The van der Waals surface area contributed by atoms with Crippen molar-refractivity contribution in [3.05, 3.63) is 16.3 Å². The molecule has 16 heavy (non-hydrogen) atoms. The predicted molar refractivity (Wildman–Crippen MR) is 59.3 cm³/mol. The van der Waals surface area contributed by atoms with Crippen molar-refractivity contribution in [1.82, 2.24) is 9.78 Å². The van der Waals surface area contributed by atoms with E-state index in [1.807, 2.05) is 4.90 Å². The lowest BCUT2D eigenvalue weighted by Crippen LogP contribution is -2.36. The molecule has 0 saturated carbocycles. The number of nitrogens with two attached hydrogens (primary N) is 1. The molecule has 2 N–H and O–H groups in total. The molecule has 0 radical (unpaired) electrons. The Morgan fingerprint density at radius 2 is 2.50 bits per heavy atom. The zero-order valence-electron chi connectivity index (χ0n) is 9.17. The maximum absolute atomic E-state index is 10.9. The molecule has 0 spiro atoms. The second-order valence-electron chi connectivity index (χ2n) is 3.99. The number of anilines is 1. The molecule has 7 heteroatoms. The Hall–Kier alpha value is -1.63. The van der Waals surface area contributed by atoms with Crippen LogP contribution < -0.4 is 10.6 Å². The van der Waals surface area contributed by atoms with Crippen LogP contribution in [-0.4, -0.2) is 33.8 Å². The van der Waals surface area contributed by atoms with Crippen LogP contribution in [0, 0.1) is 10.1 Å². The maximum atomic E-state index is 10.9. The molecule has 2 rings (SSSR count). The number of rotatable bonds is 3. The van der Waals surface area contributed by atoms with Gasteiger partial charge in [-0.05, 0) is 12.8 Å². The zero-order chi connectivity index (χ0) is 11.7. The quantitative estimate of drug-likeness (QED) is 0.588. The fraction of sp³-hybridized carbons (Fsp3) is 0.667. The van der Waals surface area contributed by atoms with Gasteiger partial charge in [0, 0.05) is 26.2 Å². The average molecular weight is 225 g/mol. The van der Waals surface area contributed by atoms with E-state index in [1.165, 1.54) is 10.9 Å². The van der Waals surface area contributed by atoms with Gasteiger partial charge in [0.1, 0.15) is 6.20 Å². The number of nitrogens with zero attached hydrogens (tertiary/aromatic N) is 4. The molecule has 88 valence electrons. The SMILES string of the molecule is Cn1cc([N+](=O)[O-])c(N2CCCC2CN)n1. The Balaban J connectivity index is 2.35. The topological polar surface area (TPSA) is 90.2 Å². The van der Waals surface area contributed by atoms with E-state index in [0.717, 1.165) is 19.4 Å². The lowest BCUT2D eigenvalue weighted by atomic mass is 10.2. The van der Waals surface area contributed by atoms with Crippen LogP contribution in [0.4, 0.5) is 11.5 Å². The molecule has 1 aromatic rings. The molecule has 0 aliphatic carbocycles. The highest BCUT2D eigenvalue weighted by Crippen LogP contribution is 2.31. The van der Waals surface area contributed by atoms with Gasteiger partial charge in [0.2, 0.25) is 5.82 Å². The molecule has 2 heterocycles. The third-order valence-corrected chi connectivity index (χ3v) is 2.91. The second kappa shape index (κ2) is 4.09. The Labute approximate surface area is 93.0 Å². The van der Waals surface area contributed by atoms with Crippen molar-refractivity contribution in [3.8, 4) is 0 Å². The number of hydrogen-bond donors (Lipinski definition) is 1. The monoisotopic (exact) mass is 225 g/mol. The zero-order valence-corrected chi connectivity index (χ0v) is 9.17. The van der Waals surface area contributed by atoms with Crippen LogP contribution in [0.2, 0.25) is 0 Å². The smallest absolute Gasteiger partial charge is 0.330 e. The van der Waals surface area contributed by atoms with Crippen LogP contribution in [0.1, 0.15) is 12.8 Å². The van der Waals surface area contributed by atoms with Crippen molar-refractivity contribution in [2.45, 2.75) is 18.9 Å². The number of aromatic nitrogens is 2. The summed E-state index contributed by atoms with van der Waals surface area (Å²) in [5.41, 5.74) is 5.71. The first-order valence-corrected chi connectivity index (χ1v) is 5.28. The fourth-order valence-corrected chi connectivity index (χ4v) is 2.16. The standard InChI is InChI=1S/C9H15N5O2/c1-12-6-8(14(15)16)9(11-12)13-4-2-3-7(13)5-10/h6-7H,2-5,10H2,1H3. The molecule has 0 bridgehead atoms. The van der Waals surface area contributed by atoms with E-state index in [4.69, 9.17) is 5.73 Å². The first-order chi connectivity index (χ1) is 7.63. The molecule has 1 unspecified atom stereocenters. The molecule has 1 aliphatic rings. The van der Waals surface area contributed by atoms with Gasteiger partial charge in [-0.1, -0.05) is 0 Å². The molecule has 1 atom stereocenters. The van der Waals surface area contributed by atoms with E-state index in [1.54, 1.807) is 7.05 Å².